The number of aromatic nitrogens is 2. The van der Waals surface area contributed by atoms with Gasteiger partial charge in [-0.1, -0.05) is 0 Å². The summed E-state index contributed by atoms with van der Waals surface area (Å²) in [5.74, 6) is -0.879. The molecule has 0 spiro atoms. The van der Waals surface area contributed by atoms with Gasteiger partial charge in [0.15, 0.2) is 0 Å². The molecule has 2 aromatic rings. The number of hydrogen-bond acceptors (Lipinski definition) is 3. The Bertz CT molecular complexity index is 523. The lowest BCUT2D eigenvalue weighted by Crippen LogP contribution is -2.03. The van der Waals surface area contributed by atoms with E-state index in [1.165, 1.54) is 0 Å². The number of aryl methyl sites for hydroxylation is 1. The number of carbonyl (C=O) groups is 1. The molecule has 4 nitrogen and oxygen atoms in total. The second-order valence-corrected chi connectivity index (χ2v) is 3.37. The van der Waals surface area contributed by atoms with Crippen LogP contribution in [-0.2, 0) is 11.2 Å². The van der Waals surface area contributed by atoms with Crippen molar-refractivity contribution < 1.29 is 9.90 Å². The summed E-state index contributed by atoms with van der Waals surface area (Å²) >= 11 is 0. The maximum atomic E-state index is 10.6. The van der Waals surface area contributed by atoms with Gasteiger partial charge in [-0.15, -0.1) is 0 Å². The average molecular weight is 202 g/mol. The summed E-state index contributed by atoms with van der Waals surface area (Å²) in [4.78, 5) is 18.8. The van der Waals surface area contributed by atoms with E-state index in [0.29, 0.717) is 5.69 Å². The fourth-order valence-electron chi connectivity index (χ4n) is 1.52. The molecule has 0 unspecified atom stereocenters. The van der Waals surface area contributed by atoms with Crippen LogP contribution in [0.1, 0.15) is 11.4 Å². The minimum absolute atomic E-state index is 0.0674. The van der Waals surface area contributed by atoms with Gasteiger partial charge < -0.3 is 5.11 Å². The predicted octanol–water partition coefficient (Wildman–Crippen LogP) is 1.57. The van der Waals surface area contributed by atoms with Crippen LogP contribution in [-0.4, -0.2) is 21.0 Å². The van der Waals surface area contributed by atoms with E-state index in [1.807, 2.05) is 19.1 Å². The lowest BCUT2D eigenvalue weighted by Gasteiger charge is -2.03. The molecule has 0 aliphatic rings. The Kier molecular flexibility index (Phi) is 2.33. The zero-order valence-electron chi connectivity index (χ0n) is 8.27. The van der Waals surface area contributed by atoms with Gasteiger partial charge in [0.1, 0.15) is 0 Å². The van der Waals surface area contributed by atoms with Crippen LogP contribution in [0.15, 0.2) is 24.5 Å². The number of carboxylic acid groups (broad SMARTS) is 1. The van der Waals surface area contributed by atoms with Crippen LogP contribution < -0.4 is 0 Å². The molecule has 0 fully saturated rings. The van der Waals surface area contributed by atoms with Crippen molar-refractivity contribution in [1.82, 2.24) is 9.97 Å². The van der Waals surface area contributed by atoms with Crippen molar-refractivity contribution >= 4 is 16.7 Å². The molecule has 0 radical (unpaired) electrons. The molecule has 0 atom stereocenters. The molecule has 0 aromatic carbocycles. The van der Waals surface area contributed by atoms with E-state index in [1.54, 1.807) is 12.4 Å². The molecule has 2 rings (SSSR count). The number of rotatable bonds is 2. The maximum Gasteiger partial charge on any atom is 0.309 e. The Morgan fingerprint density at radius 1 is 1.47 bits per heavy atom. The first-order valence-electron chi connectivity index (χ1n) is 4.59. The monoisotopic (exact) mass is 202 g/mol. The summed E-state index contributed by atoms with van der Waals surface area (Å²) in [7, 11) is 0. The first kappa shape index (κ1) is 9.58. The second-order valence-electron chi connectivity index (χ2n) is 3.37. The Hall–Kier alpha value is -1.97. The highest BCUT2D eigenvalue weighted by atomic mass is 16.4. The van der Waals surface area contributed by atoms with Crippen LogP contribution in [0.25, 0.3) is 10.8 Å². The molecule has 0 bridgehead atoms. The van der Waals surface area contributed by atoms with Gasteiger partial charge in [-0.3, -0.25) is 14.8 Å². The molecule has 15 heavy (non-hydrogen) atoms. The van der Waals surface area contributed by atoms with Crippen molar-refractivity contribution in [1.29, 1.82) is 0 Å². The third-order valence-corrected chi connectivity index (χ3v) is 2.19. The quantitative estimate of drug-likeness (QED) is 0.802. The SMILES string of the molecule is Cc1cc2ccnc(CC(=O)O)c2cn1. The molecule has 76 valence electrons. The van der Waals surface area contributed by atoms with Crippen LogP contribution in [0.3, 0.4) is 0 Å². The van der Waals surface area contributed by atoms with E-state index in [4.69, 9.17) is 5.11 Å². The van der Waals surface area contributed by atoms with Crippen molar-refractivity contribution in [2.75, 3.05) is 0 Å². The number of aliphatic carboxylic acids is 1. The summed E-state index contributed by atoms with van der Waals surface area (Å²) in [5.41, 5.74) is 1.47. The van der Waals surface area contributed by atoms with Gasteiger partial charge in [-0.2, -0.15) is 0 Å². The normalized spacial score (nSPS) is 10.5. The number of hydrogen-bond donors (Lipinski definition) is 1. The van der Waals surface area contributed by atoms with E-state index < -0.39 is 5.97 Å². The zero-order valence-corrected chi connectivity index (χ0v) is 8.27. The average Bonchev–Trinajstić information content (AvgIpc) is 2.16. The first-order chi connectivity index (χ1) is 7.16. The minimum atomic E-state index is -0.879. The number of nitrogens with zero attached hydrogens (tertiary/aromatic N) is 2. The van der Waals surface area contributed by atoms with Crippen LogP contribution in [0, 0.1) is 6.92 Å². The highest BCUT2D eigenvalue weighted by molar-refractivity contribution is 5.86. The Labute approximate surface area is 86.6 Å². The summed E-state index contributed by atoms with van der Waals surface area (Å²) in [5, 5.41) is 10.5. The number of pyridine rings is 2. The number of fused-ring (bicyclic) bond motifs is 1. The van der Waals surface area contributed by atoms with Gasteiger partial charge in [-0.25, -0.2) is 0 Å². The summed E-state index contributed by atoms with van der Waals surface area (Å²) in [6.07, 6.45) is 3.23. The molecular weight excluding hydrogens is 192 g/mol. The largest absolute Gasteiger partial charge is 0.481 e. The second kappa shape index (κ2) is 3.65. The van der Waals surface area contributed by atoms with Crippen molar-refractivity contribution in [3.63, 3.8) is 0 Å². The lowest BCUT2D eigenvalue weighted by atomic mass is 10.1. The van der Waals surface area contributed by atoms with Gasteiger partial charge in [-0.05, 0) is 24.4 Å². The standard InChI is InChI=1S/C11H10N2O2/c1-7-4-8-2-3-12-10(5-11(14)15)9(8)6-13-7/h2-4,6H,5H2,1H3,(H,14,15). The topological polar surface area (TPSA) is 63.1 Å². The van der Waals surface area contributed by atoms with E-state index in [9.17, 15) is 4.79 Å². The van der Waals surface area contributed by atoms with Crippen LogP contribution >= 0.6 is 0 Å². The lowest BCUT2D eigenvalue weighted by molar-refractivity contribution is -0.136. The molecular formula is C11H10N2O2. The zero-order chi connectivity index (χ0) is 10.8. The van der Waals surface area contributed by atoms with Gasteiger partial charge >= 0.3 is 5.97 Å². The fraction of sp³-hybridized carbons (Fsp3) is 0.182. The van der Waals surface area contributed by atoms with E-state index >= 15 is 0 Å². The van der Waals surface area contributed by atoms with Crippen LogP contribution in [0.5, 0.6) is 0 Å². The Morgan fingerprint density at radius 3 is 3.00 bits per heavy atom. The van der Waals surface area contributed by atoms with Crippen molar-refractivity contribution in [3.05, 3.63) is 35.9 Å². The highest BCUT2D eigenvalue weighted by Gasteiger charge is 2.06. The third-order valence-electron chi connectivity index (χ3n) is 2.19. The first-order valence-corrected chi connectivity index (χ1v) is 4.59. The molecule has 2 heterocycles. The maximum absolute atomic E-state index is 10.6. The molecule has 4 heteroatoms. The van der Waals surface area contributed by atoms with Crippen molar-refractivity contribution in [3.8, 4) is 0 Å². The Morgan fingerprint density at radius 2 is 2.27 bits per heavy atom. The summed E-state index contributed by atoms with van der Waals surface area (Å²) in [6, 6.07) is 3.78. The van der Waals surface area contributed by atoms with Crippen molar-refractivity contribution in [2.24, 2.45) is 0 Å². The molecule has 2 aromatic heterocycles. The summed E-state index contributed by atoms with van der Waals surface area (Å²) < 4.78 is 0. The Balaban J connectivity index is 2.60. The molecule has 0 amide bonds. The third kappa shape index (κ3) is 1.93. The summed E-state index contributed by atoms with van der Waals surface area (Å²) in [6.45, 7) is 1.90. The van der Waals surface area contributed by atoms with Crippen molar-refractivity contribution in [2.45, 2.75) is 13.3 Å². The van der Waals surface area contributed by atoms with Crippen LogP contribution in [0.2, 0.25) is 0 Å². The molecule has 1 N–H and O–H groups in total. The molecule has 0 saturated heterocycles. The van der Waals surface area contributed by atoms with Crippen LogP contribution in [0.4, 0.5) is 0 Å². The fourth-order valence-corrected chi connectivity index (χ4v) is 1.52. The minimum Gasteiger partial charge on any atom is -0.481 e. The molecule has 0 aliphatic heterocycles. The number of carboxylic acids is 1. The van der Waals surface area contributed by atoms with Gasteiger partial charge in [0.25, 0.3) is 0 Å². The smallest absolute Gasteiger partial charge is 0.309 e. The molecule has 0 saturated carbocycles. The van der Waals surface area contributed by atoms with Gasteiger partial charge in [0.05, 0.1) is 12.1 Å². The van der Waals surface area contributed by atoms with Gasteiger partial charge in [0, 0.05) is 23.5 Å². The predicted molar refractivity (Wildman–Crippen MR) is 55.6 cm³/mol. The highest BCUT2D eigenvalue weighted by Crippen LogP contribution is 2.16. The van der Waals surface area contributed by atoms with E-state index in [2.05, 4.69) is 9.97 Å². The van der Waals surface area contributed by atoms with E-state index in [0.717, 1.165) is 16.5 Å². The van der Waals surface area contributed by atoms with Gasteiger partial charge in [0.2, 0.25) is 0 Å². The molecule has 0 aliphatic carbocycles. The van der Waals surface area contributed by atoms with E-state index in [-0.39, 0.29) is 6.42 Å².